The van der Waals surface area contributed by atoms with Crippen LogP contribution in [-0.2, 0) is 4.74 Å². The summed E-state index contributed by atoms with van der Waals surface area (Å²) in [4.78, 5) is 14.9. The second kappa shape index (κ2) is 7.73. The highest BCUT2D eigenvalue weighted by molar-refractivity contribution is 5.39. The zero-order chi connectivity index (χ0) is 14.3. The summed E-state index contributed by atoms with van der Waals surface area (Å²) < 4.78 is 10.2. The molecule has 0 aliphatic heterocycles. The lowest BCUT2D eigenvalue weighted by Gasteiger charge is -2.26. The van der Waals surface area contributed by atoms with E-state index in [0.29, 0.717) is 31.1 Å². The molecular weight excluding hydrogens is 246 g/mol. The Kier molecular flexibility index (Phi) is 6.27. The minimum absolute atomic E-state index is 0.261. The minimum atomic E-state index is 0.261. The van der Waals surface area contributed by atoms with Gasteiger partial charge in [-0.15, -0.1) is 0 Å². The first-order valence-electron chi connectivity index (χ1n) is 6.41. The van der Waals surface area contributed by atoms with E-state index in [2.05, 4.69) is 39.0 Å². The van der Waals surface area contributed by atoms with Gasteiger partial charge in [-0.3, -0.25) is 0 Å². The highest BCUT2D eigenvalue weighted by atomic mass is 16.5. The number of nitrogens with one attached hydrogen (secondary N) is 1. The van der Waals surface area contributed by atoms with Crippen LogP contribution in [0, 0.1) is 0 Å². The van der Waals surface area contributed by atoms with Crippen LogP contribution in [0.4, 0.5) is 11.9 Å². The number of ether oxygens (including phenoxy) is 2. The molecule has 0 amide bonds. The Labute approximate surface area is 114 Å². The van der Waals surface area contributed by atoms with E-state index in [4.69, 9.17) is 9.47 Å². The molecule has 19 heavy (non-hydrogen) atoms. The van der Waals surface area contributed by atoms with E-state index in [-0.39, 0.29) is 6.04 Å². The van der Waals surface area contributed by atoms with Crippen molar-refractivity contribution in [2.75, 3.05) is 44.1 Å². The van der Waals surface area contributed by atoms with Crippen molar-refractivity contribution in [2.45, 2.75) is 26.8 Å². The summed E-state index contributed by atoms with van der Waals surface area (Å²) >= 11 is 0. The molecule has 0 unspecified atom stereocenters. The van der Waals surface area contributed by atoms with E-state index in [1.165, 1.54) is 0 Å². The van der Waals surface area contributed by atoms with Gasteiger partial charge in [0.15, 0.2) is 0 Å². The fourth-order valence-electron chi connectivity index (χ4n) is 1.58. The van der Waals surface area contributed by atoms with E-state index in [0.717, 1.165) is 6.54 Å². The summed E-state index contributed by atoms with van der Waals surface area (Å²) in [5.74, 6) is 1.11. The van der Waals surface area contributed by atoms with Crippen LogP contribution in [0.2, 0.25) is 0 Å². The lowest BCUT2D eigenvalue weighted by atomic mass is 10.3. The monoisotopic (exact) mass is 269 g/mol. The summed E-state index contributed by atoms with van der Waals surface area (Å²) in [6, 6.07) is 0.570. The Morgan fingerprint density at radius 3 is 2.47 bits per heavy atom. The third kappa shape index (κ3) is 4.51. The molecule has 108 valence electrons. The maximum absolute atomic E-state index is 5.12. The molecule has 0 bridgehead atoms. The van der Waals surface area contributed by atoms with Crippen molar-refractivity contribution in [3.8, 4) is 6.01 Å². The number of aromatic nitrogens is 3. The summed E-state index contributed by atoms with van der Waals surface area (Å²) in [7, 11) is 3.22. The summed E-state index contributed by atoms with van der Waals surface area (Å²) in [5, 5.41) is 3.07. The van der Waals surface area contributed by atoms with Crippen LogP contribution in [0.15, 0.2) is 0 Å². The van der Waals surface area contributed by atoms with Gasteiger partial charge in [-0.25, -0.2) is 0 Å². The molecule has 0 atom stereocenters. The standard InChI is InChI=1S/C12H23N5O2/c1-6-13-10-14-11(16-12(15-10)19-5)17(9(2)3)7-8-18-4/h9H,6-8H2,1-5H3,(H,13,14,15,16). The lowest BCUT2D eigenvalue weighted by molar-refractivity contribution is 0.203. The molecule has 0 spiro atoms. The zero-order valence-corrected chi connectivity index (χ0v) is 12.3. The van der Waals surface area contributed by atoms with Crippen molar-refractivity contribution >= 4 is 11.9 Å². The third-order valence-corrected chi connectivity index (χ3v) is 2.54. The largest absolute Gasteiger partial charge is 0.467 e. The van der Waals surface area contributed by atoms with E-state index >= 15 is 0 Å². The van der Waals surface area contributed by atoms with Gasteiger partial charge in [0, 0.05) is 26.2 Å². The van der Waals surface area contributed by atoms with Gasteiger partial charge in [0.1, 0.15) is 0 Å². The van der Waals surface area contributed by atoms with Gasteiger partial charge in [0.05, 0.1) is 13.7 Å². The van der Waals surface area contributed by atoms with Gasteiger partial charge in [-0.2, -0.15) is 15.0 Å². The third-order valence-electron chi connectivity index (χ3n) is 2.54. The fraction of sp³-hybridized carbons (Fsp3) is 0.750. The van der Waals surface area contributed by atoms with Crippen molar-refractivity contribution in [1.82, 2.24) is 15.0 Å². The highest BCUT2D eigenvalue weighted by Gasteiger charge is 2.16. The van der Waals surface area contributed by atoms with Crippen molar-refractivity contribution in [2.24, 2.45) is 0 Å². The van der Waals surface area contributed by atoms with E-state index in [9.17, 15) is 0 Å². The predicted molar refractivity (Wildman–Crippen MR) is 74.9 cm³/mol. The number of hydrogen-bond donors (Lipinski definition) is 1. The smallest absolute Gasteiger partial charge is 0.322 e. The quantitative estimate of drug-likeness (QED) is 0.759. The predicted octanol–water partition coefficient (Wildman–Crippen LogP) is 1.17. The van der Waals surface area contributed by atoms with Crippen molar-refractivity contribution in [3.05, 3.63) is 0 Å². The van der Waals surface area contributed by atoms with Gasteiger partial charge in [0.25, 0.3) is 0 Å². The second-order valence-corrected chi connectivity index (χ2v) is 4.26. The molecule has 1 N–H and O–H groups in total. The van der Waals surface area contributed by atoms with Crippen LogP contribution < -0.4 is 15.0 Å². The Balaban J connectivity index is 3.02. The maximum Gasteiger partial charge on any atom is 0.322 e. The van der Waals surface area contributed by atoms with Crippen LogP contribution >= 0.6 is 0 Å². The Morgan fingerprint density at radius 2 is 1.95 bits per heavy atom. The van der Waals surface area contributed by atoms with Crippen LogP contribution in [0.5, 0.6) is 6.01 Å². The molecular formula is C12H23N5O2. The second-order valence-electron chi connectivity index (χ2n) is 4.26. The number of methoxy groups -OCH3 is 2. The van der Waals surface area contributed by atoms with Crippen LogP contribution in [-0.4, -0.2) is 54.9 Å². The van der Waals surface area contributed by atoms with Gasteiger partial charge >= 0.3 is 6.01 Å². The first-order chi connectivity index (χ1) is 9.12. The van der Waals surface area contributed by atoms with Crippen molar-refractivity contribution in [3.63, 3.8) is 0 Å². The molecule has 0 aromatic carbocycles. The highest BCUT2D eigenvalue weighted by Crippen LogP contribution is 2.16. The number of hydrogen-bond acceptors (Lipinski definition) is 7. The Bertz CT molecular complexity index is 386. The summed E-state index contributed by atoms with van der Waals surface area (Å²) in [6.45, 7) is 8.22. The summed E-state index contributed by atoms with van der Waals surface area (Å²) in [6.07, 6.45) is 0. The number of rotatable bonds is 8. The van der Waals surface area contributed by atoms with Gasteiger partial charge in [-0.1, -0.05) is 0 Å². The van der Waals surface area contributed by atoms with Crippen molar-refractivity contribution < 1.29 is 9.47 Å². The SMILES string of the molecule is CCNc1nc(OC)nc(N(CCOC)C(C)C)n1. The molecule has 0 radical (unpaired) electrons. The molecule has 1 aromatic rings. The van der Waals surface area contributed by atoms with Gasteiger partial charge in [-0.05, 0) is 20.8 Å². The fourth-order valence-corrected chi connectivity index (χ4v) is 1.58. The molecule has 0 aliphatic rings. The molecule has 1 heterocycles. The number of nitrogens with zero attached hydrogens (tertiary/aromatic N) is 4. The van der Waals surface area contributed by atoms with Crippen LogP contribution in [0.1, 0.15) is 20.8 Å². The average molecular weight is 269 g/mol. The molecule has 0 saturated heterocycles. The molecule has 1 aromatic heterocycles. The Hall–Kier alpha value is -1.63. The van der Waals surface area contributed by atoms with Gasteiger partial charge in [0.2, 0.25) is 11.9 Å². The Morgan fingerprint density at radius 1 is 1.21 bits per heavy atom. The lowest BCUT2D eigenvalue weighted by Crippen LogP contribution is -2.35. The molecule has 0 fully saturated rings. The average Bonchev–Trinajstić information content (AvgIpc) is 2.39. The summed E-state index contributed by atoms with van der Waals surface area (Å²) in [5.41, 5.74) is 0. The van der Waals surface area contributed by atoms with Crippen LogP contribution in [0.25, 0.3) is 0 Å². The van der Waals surface area contributed by atoms with Crippen molar-refractivity contribution in [1.29, 1.82) is 0 Å². The van der Waals surface area contributed by atoms with E-state index < -0.39 is 0 Å². The first kappa shape index (κ1) is 15.4. The molecule has 0 saturated carbocycles. The van der Waals surface area contributed by atoms with E-state index in [1.807, 2.05) is 6.92 Å². The molecule has 7 nitrogen and oxygen atoms in total. The maximum atomic E-state index is 5.12. The zero-order valence-electron chi connectivity index (χ0n) is 12.3. The normalized spacial score (nSPS) is 10.6. The molecule has 1 rings (SSSR count). The van der Waals surface area contributed by atoms with E-state index in [1.54, 1.807) is 14.2 Å². The molecule has 7 heteroatoms. The first-order valence-corrected chi connectivity index (χ1v) is 6.41. The topological polar surface area (TPSA) is 72.4 Å². The van der Waals surface area contributed by atoms with Crippen LogP contribution in [0.3, 0.4) is 0 Å². The minimum Gasteiger partial charge on any atom is -0.467 e. The van der Waals surface area contributed by atoms with Gasteiger partial charge < -0.3 is 19.7 Å². The number of anilines is 2. The molecule has 0 aliphatic carbocycles.